The SMILES string of the molecule is OCc1ccccc1-n1ncc2ccccc21. The number of aliphatic hydroxyl groups is 1. The van der Waals surface area contributed by atoms with Gasteiger partial charge in [-0.15, -0.1) is 0 Å². The first kappa shape index (κ1) is 10.1. The van der Waals surface area contributed by atoms with E-state index in [1.807, 2.05) is 59.4 Å². The third-order valence-electron chi connectivity index (χ3n) is 2.87. The highest BCUT2D eigenvalue weighted by Gasteiger charge is 2.07. The number of fused-ring (bicyclic) bond motifs is 1. The lowest BCUT2D eigenvalue weighted by atomic mass is 10.2. The fraction of sp³-hybridized carbons (Fsp3) is 0.0714. The Labute approximate surface area is 98.9 Å². The number of nitrogens with zero attached hydrogens (tertiary/aromatic N) is 2. The van der Waals surface area contributed by atoms with Crippen LogP contribution in [-0.2, 0) is 6.61 Å². The van der Waals surface area contributed by atoms with E-state index >= 15 is 0 Å². The van der Waals surface area contributed by atoms with Gasteiger partial charge in [-0.05, 0) is 12.1 Å². The predicted molar refractivity (Wildman–Crippen MR) is 67.0 cm³/mol. The number of benzene rings is 2. The Hall–Kier alpha value is -2.13. The number of aliphatic hydroxyl groups excluding tert-OH is 1. The second kappa shape index (κ2) is 4.03. The predicted octanol–water partition coefficient (Wildman–Crippen LogP) is 2.52. The largest absolute Gasteiger partial charge is 0.392 e. The summed E-state index contributed by atoms with van der Waals surface area (Å²) in [6.45, 7) is 0.0182. The average molecular weight is 224 g/mol. The highest BCUT2D eigenvalue weighted by atomic mass is 16.3. The van der Waals surface area contributed by atoms with E-state index in [9.17, 15) is 5.11 Å². The molecule has 1 aromatic heterocycles. The zero-order valence-electron chi connectivity index (χ0n) is 9.24. The second-order valence-electron chi connectivity index (χ2n) is 3.90. The van der Waals surface area contributed by atoms with Gasteiger partial charge in [-0.2, -0.15) is 5.10 Å². The molecule has 1 N–H and O–H groups in total. The molecule has 0 aliphatic heterocycles. The summed E-state index contributed by atoms with van der Waals surface area (Å²) in [7, 11) is 0. The van der Waals surface area contributed by atoms with Crippen LogP contribution in [-0.4, -0.2) is 14.9 Å². The fourth-order valence-electron chi connectivity index (χ4n) is 2.01. The maximum Gasteiger partial charge on any atom is 0.0741 e. The molecule has 2 aromatic carbocycles. The van der Waals surface area contributed by atoms with E-state index in [-0.39, 0.29) is 6.61 Å². The zero-order chi connectivity index (χ0) is 11.7. The molecule has 0 saturated carbocycles. The minimum Gasteiger partial charge on any atom is -0.392 e. The van der Waals surface area contributed by atoms with Gasteiger partial charge in [0.05, 0.1) is 24.0 Å². The van der Waals surface area contributed by atoms with E-state index in [4.69, 9.17) is 0 Å². The van der Waals surface area contributed by atoms with Gasteiger partial charge in [-0.3, -0.25) is 0 Å². The van der Waals surface area contributed by atoms with Gasteiger partial charge in [0.25, 0.3) is 0 Å². The number of hydrogen-bond acceptors (Lipinski definition) is 2. The van der Waals surface area contributed by atoms with Gasteiger partial charge < -0.3 is 5.11 Å². The molecule has 17 heavy (non-hydrogen) atoms. The van der Waals surface area contributed by atoms with Crippen molar-refractivity contribution in [3.8, 4) is 5.69 Å². The zero-order valence-corrected chi connectivity index (χ0v) is 9.24. The van der Waals surface area contributed by atoms with Gasteiger partial charge in [-0.1, -0.05) is 36.4 Å². The first-order valence-electron chi connectivity index (χ1n) is 5.52. The second-order valence-corrected chi connectivity index (χ2v) is 3.90. The Bertz CT molecular complexity index is 658. The Kier molecular flexibility index (Phi) is 2.38. The van der Waals surface area contributed by atoms with Gasteiger partial charge in [0.1, 0.15) is 0 Å². The van der Waals surface area contributed by atoms with Crippen molar-refractivity contribution in [2.24, 2.45) is 0 Å². The molecule has 0 aliphatic rings. The maximum absolute atomic E-state index is 9.35. The minimum atomic E-state index is 0.0182. The van der Waals surface area contributed by atoms with Crippen LogP contribution >= 0.6 is 0 Å². The Morgan fingerprint density at radius 2 is 1.76 bits per heavy atom. The molecule has 0 unspecified atom stereocenters. The lowest BCUT2D eigenvalue weighted by Gasteiger charge is -2.08. The third-order valence-corrected chi connectivity index (χ3v) is 2.87. The van der Waals surface area contributed by atoms with Crippen LogP contribution < -0.4 is 0 Å². The van der Waals surface area contributed by atoms with E-state index in [1.165, 1.54) is 0 Å². The first-order valence-corrected chi connectivity index (χ1v) is 5.52. The molecule has 0 bridgehead atoms. The van der Waals surface area contributed by atoms with Crippen molar-refractivity contribution in [1.82, 2.24) is 9.78 Å². The Morgan fingerprint density at radius 1 is 1.00 bits per heavy atom. The number of hydrogen-bond donors (Lipinski definition) is 1. The summed E-state index contributed by atoms with van der Waals surface area (Å²) in [4.78, 5) is 0. The Morgan fingerprint density at radius 3 is 2.65 bits per heavy atom. The number of rotatable bonds is 2. The van der Waals surface area contributed by atoms with Gasteiger partial charge >= 0.3 is 0 Å². The van der Waals surface area contributed by atoms with Crippen LogP contribution in [0.15, 0.2) is 54.7 Å². The van der Waals surface area contributed by atoms with Gasteiger partial charge in [-0.25, -0.2) is 4.68 Å². The summed E-state index contributed by atoms with van der Waals surface area (Å²) < 4.78 is 1.86. The van der Waals surface area contributed by atoms with Crippen molar-refractivity contribution in [1.29, 1.82) is 0 Å². The summed E-state index contributed by atoms with van der Waals surface area (Å²) in [6.07, 6.45) is 1.84. The van der Waals surface area contributed by atoms with E-state index in [1.54, 1.807) is 0 Å². The quantitative estimate of drug-likeness (QED) is 0.726. The molecule has 0 atom stereocenters. The molecule has 0 saturated heterocycles. The summed E-state index contributed by atoms with van der Waals surface area (Å²) in [5.41, 5.74) is 2.85. The molecular weight excluding hydrogens is 212 g/mol. The summed E-state index contributed by atoms with van der Waals surface area (Å²) in [5, 5.41) is 14.8. The maximum atomic E-state index is 9.35. The smallest absolute Gasteiger partial charge is 0.0741 e. The Balaban J connectivity index is 2.27. The van der Waals surface area contributed by atoms with Gasteiger partial charge in [0.15, 0.2) is 0 Å². The standard InChI is InChI=1S/C14H12N2O/c17-10-12-6-2-4-8-14(12)16-13-7-3-1-5-11(13)9-15-16/h1-9,17H,10H2. The molecule has 0 spiro atoms. The first-order chi connectivity index (χ1) is 8.40. The van der Waals surface area contributed by atoms with Crippen LogP contribution in [0.25, 0.3) is 16.6 Å². The molecular formula is C14H12N2O. The van der Waals surface area contributed by atoms with Crippen molar-refractivity contribution in [3.63, 3.8) is 0 Å². The van der Waals surface area contributed by atoms with Crippen molar-refractivity contribution in [3.05, 3.63) is 60.3 Å². The van der Waals surface area contributed by atoms with E-state index in [0.717, 1.165) is 22.2 Å². The van der Waals surface area contributed by atoms with E-state index in [2.05, 4.69) is 5.10 Å². The van der Waals surface area contributed by atoms with Crippen LogP contribution in [0.5, 0.6) is 0 Å². The topological polar surface area (TPSA) is 38.0 Å². The molecule has 0 amide bonds. The molecule has 0 radical (unpaired) electrons. The number of aromatic nitrogens is 2. The minimum absolute atomic E-state index is 0.0182. The summed E-state index contributed by atoms with van der Waals surface area (Å²) >= 11 is 0. The molecule has 1 heterocycles. The normalized spacial score (nSPS) is 10.9. The highest BCUT2D eigenvalue weighted by molar-refractivity contribution is 5.80. The lowest BCUT2D eigenvalue weighted by Crippen LogP contribution is -2.00. The molecule has 3 heteroatoms. The van der Waals surface area contributed by atoms with E-state index in [0.29, 0.717) is 0 Å². The van der Waals surface area contributed by atoms with Crippen LogP contribution in [0.3, 0.4) is 0 Å². The molecule has 0 aliphatic carbocycles. The van der Waals surface area contributed by atoms with Gasteiger partial charge in [0, 0.05) is 10.9 Å². The summed E-state index contributed by atoms with van der Waals surface area (Å²) in [5.74, 6) is 0. The lowest BCUT2D eigenvalue weighted by molar-refractivity contribution is 0.281. The monoisotopic (exact) mass is 224 g/mol. The van der Waals surface area contributed by atoms with Crippen molar-refractivity contribution >= 4 is 10.9 Å². The van der Waals surface area contributed by atoms with Gasteiger partial charge in [0.2, 0.25) is 0 Å². The van der Waals surface area contributed by atoms with Crippen LogP contribution in [0, 0.1) is 0 Å². The van der Waals surface area contributed by atoms with Crippen LogP contribution in [0.1, 0.15) is 5.56 Å². The highest BCUT2D eigenvalue weighted by Crippen LogP contribution is 2.20. The summed E-state index contributed by atoms with van der Waals surface area (Å²) in [6, 6.07) is 15.8. The van der Waals surface area contributed by atoms with E-state index < -0.39 is 0 Å². The third kappa shape index (κ3) is 1.61. The molecule has 3 nitrogen and oxygen atoms in total. The molecule has 0 fully saturated rings. The molecule has 3 rings (SSSR count). The number of para-hydroxylation sites is 2. The molecule has 3 aromatic rings. The molecule has 84 valence electrons. The van der Waals surface area contributed by atoms with Crippen molar-refractivity contribution in [2.75, 3.05) is 0 Å². The van der Waals surface area contributed by atoms with Crippen molar-refractivity contribution < 1.29 is 5.11 Å². The fourth-order valence-corrected chi connectivity index (χ4v) is 2.01. The van der Waals surface area contributed by atoms with Crippen LogP contribution in [0.4, 0.5) is 0 Å². The van der Waals surface area contributed by atoms with Crippen LogP contribution in [0.2, 0.25) is 0 Å². The van der Waals surface area contributed by atoms with Crippen molar-refractivity contribution in [2.45, 2.75) is 6.61 Å². The average Bonchev–Trinajstić information content (AvgIpc) is 2.82.